The first-order valence-corrected chi connectivity index (χ1v) is 8.24. The summed E-state index contributed by atoms with van der Waals surface area (Å²) in [6.07, 6.45) is 4.66. The molecule has 0 saturated carbocycles. The van der Waals surface area contributed by atoms with Crippen LogP contribution < -0.4 is 15.4 Å². The number of carbonyl (C=O) groups excluding carboxylic acids is 1. The van der Waals surface area contributed by atoms with Gasteiger partial charge in [-0.2, -0.15) is 0 Å². The molecule has 1 rings (SSSR count). The molecule has 0 fully saturated rings. The Kier molecular flexibility index (Phi) is 8.30. The Morgan fingerprint density at radius 1 is 1.33 bits per heavy atom. The lowest BCUT2D eigenvalue weighted by atomic mass is 10.2. The Balaban J connectivity index is 2.55. The number of amides is 1. The van der Waals surface area contributed by atoms with E-state index in [1.54, 1.807) is 25.2 Å². The monoisotopic (exact) mass is 372 g/mol. The second kappa shape index (κ2) is 9.73. The van der Waals surface area contributed by atoms with Crippen molar-refractivity contribution in [3.05, 3.63) is 28.2 Å². The third kappa shape index (κ3) is 6.44. The first-order chi connectivity index (χ1) is 10.1. The summed E-state index contributed by atoms with van der Waals surface area (Å²) in [5.41, 5.74) is 0.526. The second-order valence-corrected chi connectivity index (χ2v) is 5.85. The van der Waals surface area contributed by atoms with Gasteiger partial charge >= 0.3 is 0 Å². The molecule has 0 heterocycles. The molecule has 4 nitrogen and oxygen atoms in total. The molecule has 0 unspecified atom stereocenters. The molecule has 116 valence electrons. The van der Waals surface area contributed by atoms with Gasteiger partial charge in [-0.1, -0.05) is 26.2 Å². The van der Waals surface area contributed by atoms with E-state index in [9.17, 15) is 4.79 Å². The number of ether oxygens (including phenoxy) is 1. The molecule has 1 aromatic rings. The smallest absolute Gasteiger partial charge is 0.257 e. The van der Waals surface area contributed by atoms with E-state index in [1.807, 2.05) is 0 Å². The number of hydrogen-bond acceptors (Lipinski definition) is 3. The van der Waals surface area contributed by atoms with Crippen LogP contribution in [-0.2, 0) is 0 Å². The number of unbranched alkanes of at least 4 members (excludes halogenated alkanes) is 3. The molecule has 0 aliphatic carbocycles. The molecule has 0 aliphatic rings. The molecule has 0 aliphatic heterocycles. The van der Waals surface area contributed by atoms with Gasteiger partial charge in [0, 0.05) is 12.6 Å². The van der Waals surface area contributed by atoms with Gasteiger partial charge in [-0.3, -0.25) is 10.1 Å². The zero-order chi connectivity index (χ0) is 15.7. The highest BCUT2D eigenvalue weighted by molar-refractivity contribution is 9.10. The van der Waals surface area contributed by atoms with Gasteiger partial charge in [0.25, 0.3) is 5.91 Å². The topological polar surface area (TPSA) is 50.4 Å². The van der Waals surface area contributed by atoms with Crippen LogP contribution >= 0.6 is 28.1 Å². The van der Waals surface area contributed by atoms with Crippen molar-refractivity contribution in [2.45, 2.75) is 32.6 Å². The molecule has 0 radical (unpaired) electrons. The highest BCUT2D eigenvalue weighted by Crippen LogP contribution is 2.26. The molecule has 0 atom stereocenters. The van der Waals surface area contributed by atoms with Gasteiger partial charge in [-0.15, -0.1) is 0 Å². The number of rotatable bonds is 7. The molecule has 0 bridgehead atoms. The second-order valence-electron chi connectivity index (χ2n) is 4.59. The maximum atomic E-state index is 11.9. The van der Waals surface area contributed by atoms with Crippen molar-refractivity contribution in [3.63, 3.8) is 0 Å². The van der Waals surface area contributed by atoms with Crippen molar-refractivity contribution in [3.8, 4) is 5.75 Å². The summed E-state index contributed by atoms with van der Waals surface area (Å²) in [5.74, 6) is 0.504. The van der Waals surface area contributed by atoms with E-state index < -0.39 is 0 Å². The lowest BCUT2D eigenvalue weighted by Gasteiger charge is -2.10. The summed E-state index contributed by atoms with van der Waals surface area (Å²) in [5, 5.41) is 5.58. The normalized spacial score (nSPS) is 10.0. The molecule has 2 N–H and O–H groups in total. The molecular formula is C15H21BrN2O2S. The molecule has 0 aromatic heterocycles. The maximum Gasteiger partial charge on any atom is 0.257 e. The van der Waals surface area contributed by atoms with Crippen LogP contribution in [-0.4, -0.2) is 24.7 Å². The summed E-state index contributed by atoms with van der Waals surface area (Å²) >= 11 is 8.33. The highest BCUT2D eigenvalue weighted by Gasteiger charge is 2.10. The van der Waals surface area contributed by atoms with Gasteiger partial charge in [0.2, 0.25) is 0 Å². The number of nitrogens with one attached hydrogen (secondary N) is 2. The maximum absolute atomic E-state index is 11.9. The minimum absolute atomic E-state index is 0.246. The minimum atomic E-state index is -0.246. The summed E-state index contributed by atoms with van der Waals surface area (Å²) < 4.78 is 6.47. The van der Waals surface area contributed by atoms with Crippen molar-refractivity contribution < 1.29 is 9.53 Å². The van der Waals surface area contributed by atoms with Gasteiger partial charge in [-0.05, 0) is 52.8 Å². The summed E-state index contributed by atoms with van der Waals surface area (Å²) in [6.45, 7) is 2.87. The summed E-state index contributed by atoms with van der Waals surface area (Å²) in [6, 6.07) is 5.25. The summed E-state index contributed by atoms with van der Waals surface area (Å²) in [7, 11) is 1.66. The van der Waals surface area contributed by atoms with Gasteiger partial charge in [-0.25, -0.2) is 0 Å². The minimum Gasteiger partial charge on any atom is -0.492 e. The molecule has 1 aromatic carbocycles. The molecule has 0 saturated heterocycles. The van der Waals surface area contributed by atoms with Gasteiger partial charge in [0.1, 0.15) is 5.75 Å². The van der Waals surface area contributed by atoms with Crippen LogP contribution in [0.25, 0.3) is 0 Å². The van der Waals surface area contributed by atoms with E-state index in [0.29, 0.717) is 17.3 Å². The number of carbonyl (C=O) groups is 1. The first kappa shape index (κ1) is 17.9. The lowest BCUT2D eigenvalue weighted by molar-refractivity contribution is 0.0976. The van der Waals surface area contributed by atoms with E-state index in [-0.39, 0.29) is 5.91 Å². The third-order valence-corrected chi connectivity index (χ3v) is 3.83. The predicted molar refractivity (Wildman–Crippen MR) is 92.9 cm³/mol. The largest absolute Gasteiger partial charge is 0.492 e. The van der Waals surface area contributed by atoms with Crippen molar-refractivity contribution in [2.75, 3.05) is 13.7 Å². The van der Waals surface area contributed by atoms with Gasteiger partial charge < -0.3 is 10.1 Å². The van der Waals surface area contributed by atoms with Crippen molar-refractivity contribution >= 4 is 39.2 Å². The van der Waals surface area contributed by atoms with Gasteiger partial charge in [0.05, 0.1) is 11.1 Å². The zero-order valence-electron chi connectivity index (χ0n) is 12.4. The van der Waals surface area contributed by atoms with Crippen LogP contribution in [0.3, 0.4) is 0 Å². The van der Waals surface area contributed by atoms with Crippen LogP contribution in [0.15, 0.2) is 22.7 Å². The SMILES string of the molecule is CCCCCCOc1ccc(C(=O)NC(=S)NC)cc1Br. The Hall–Kier alpha value is -1.14. The Labute approximate surface area is 139 Å². The number of thiocarbonyl (C=S) groups is 1. The standard InChI is InChI=1S/C15H21BrN2O2S/c1-3-4-5-6-9-20-13-8-7-11(10-12(13)16)14(19)18-15(21)17-2/h7-8,10H,3-6,9H2,1-2H3,(H2,17,18,19,21). The molecule has 6 heteroatoms. The Bertz CT molecular complexity index is 495. The van der Waals surface area contributed by atoms with Crippen LogP contribution in [0, 0.1) is 0 Å². The van der Waals surface area contributed by atoms with Crippen LogP contribution in [0.2, 0.25) is 0 Å². The predicted octanol–water partition coefficient (Wildman–Crippen LogP) is 3.64. The van der Waals surface area contributed by atoms with E-state index in [1.165, 1.54) is 19.3 Å². The van der Waals surface area contributed by atoms with Crippen molar-refractivity contribution in [1.82, 2.24) is 10.6 Å². The third-order valence-electron chi connectivity index (χ3n) is 2.90. The average Bonchev–Trinajstić information content (AvgIpc) is 2.48. The molecule has 21 heavy (non-hydrogen) atoms. The molecule has 1 amide bonds. The summed E-state index contributed by atoms with van der Waals surface area (Å²) in [4.78, 5) is 11.9. The number of benzene rings is 1. The van der Waals surface area contributed by atoms with Gasteiger partial charge in [0.15, 0.2) is 5.11 Å². The molecule has 0 spiro atoms. The van der Waals surface area contributed by atoms with Crippen molar-refractivity contribution in [2.24, 2.45) is 0 Å². The fourth-order valence-electron chi connectivity index (χ4n) is 1.71. The number of halogens is 1. The quantitative estimate of drug-likeness (QED) is 0.566. The fourth-order valence-corrected chi connectivity index (χ4v) is 2.29. The Morgan fingerprint density at radius 3 is 2.71 bits per heavy atom. The highest BCUT2D eigenvalue weighted by atomic mass is 79.9. The van der Waals surface area contributed by atoms with E-state index >= 15 is 0 Å². The average molecular weight is 373 g/mol. The molecular weight excluding hydrogens is 352 g/mol. The zero-order valence-corrected chi connectivity index (χ0v) is 14.8. The van der Waals surface area contributed by atoms with Crippen LogP contribution in [0.1, 0.15) is 43.0 Å². The first-order valence-electron chi connectivity index (χ1n) is 7.04. The fraction of sp³-hybridized carbons (Fsp3) is 0.467. The number of hydrogen-bond donors (Lipinski definition) is 2. The van der Waals surface area contributed by atoms with Crippen molar-refractivity contribution in [1.29, 1.82) is 0 Å². The Morgan fingerprint density at radius 2 is 2.10 bits per heavy atom. The van der Waals surface area contributed by atoms with E-state index in [2.05, 4.69) is 33.5 Å². The van der Waals surface area contributed by atoms with Crippen LogP contribution in [0.5, 0.6) is 5.75 Å². The van der Waals surface area contributed by atoms with Crippen LogP contribution in [0.4, 0.5) is 0 Å². The van der Waals surface area contributed by atoms with E-state index in [4.69, 9.17) is 17.0 Å². The lowest BCUT2D eigenvalue weighted by Crippen LogP contribution is -2.37. The van der Waals surface area contributed by atoms with E-state index in [0.717, 1.165) is 16.6 Å².